The van der Waals surface area contributed by atoms with Crippen LogP contribution in [-0.2, 0) is 11.2 Å². The average Bonchev–Trinajstić information content (AvgIpc) is 2.91. The molecular formula is C30H28N2O5. The summed E-state index contributed by atoms with van der Waals surface area (Å²) in [7, 11) is 0. The number of carbonyl (C=O) groups excluding carboxylic acids is 2. The summed E-state index contributed by atoms with van der Waals surface area (Å²) in [5, 5.41) is 6.21. The molecule has 0 saturated heterocycles. The second-order valence-electron chi connectivity index (χ2n) is 8.09. The Morgan fingerprint density at radius 2 is 1.59 bits per heavy atom. The minimum absolute atomic E-state index is 0.212. The Morgan fingerprint density at radius 3 is 2.38 bits per heavy atom. The number of amides is 1. The number of rotatable bonds is 10. The summed E-state index contributed by atoms with van der Waals surface area (Å²) in [6.07, 6.45) is 1.73. The van der Waals surface area contributed by atoms with Crippen molar-refractivity contribution in [3.8, 4) is 17.2 Å². The Kier molecular flexibility index (Phi) is 8.49. The molecule has 0 unspecified atom stereocenters. The van der Waals surface area contributed by atoms with E-state index in [1.807, 2.05) is 56.3 Å². The van der Waals surface area contributed by atoms with Gasteiger partial charge in [-0.25, -0.2) is 10.2 Å². The maximum atomic E-state index is 12.6. The van der Waals surface area contributed by atoms with Crippen LogP contribution in [0, 0.1) is 0 Å². The van der Waals surface area contributed by atoms with Crippen molar-refractivity contribution in [2.45, 2.75) is 20.3 Å². The van der Waals surface area contributed by atoms with Crippen molar-refractivity contribution in [1.29, 1.82) is 0 Å². The number of fused-ring (bicyclic) bond motifs is 1. The van der Waals surface area contributed by atoms with Crippen LogP contribution < -0.4 is 19.6 Å². The van der Waals surface area contributed by atoms with Gasteiger partial charge < -0.3 is 14.2 Å². The van der Waals surface area contributed by atoms with E-state index in [9.17, 15) is 9.59 Å². The quantitative estimate of drug-likeness (QED) is 0.135. The monoisotopic (exact) mass is 496 g/mol. The highest BCUT2D eigenvalue weighted by molar-refractivity contribution is 5.92. The molecule has 0 aliphatic carbocycles. The summed E-state index contributed by atoms with van der Waals surface area (Å²) in [6, 6.07) is 25.6. The molecule has 1 amide bonds. The van der Waals surface area contributed by atoms with Gasteiger partial charge in [0.25, 0.3) is 0 Å². The highest BCUT2D eigenvalue weighted by atomic mass is 16.6. The molecule has 7 nitrogen and oxygen atoms in total. The first-order valence-corrected chi connectivity index (χ1v) is 12.1. The van der Waals surface area contributed by atoms with Crippen LogP contribution in [0.2, 0.25) is 0 Å². The Bertz CT molecular complexity index is 1410. The summed E-state index contributed by atoms with van der Waals surface area (Å²) in [5.74, 6) is 0.636. The third-order valence-corrected chi connectivity index (χ3v) is 5.51. The molecule has 0 fully saturated rings. The van der Waals surface area contributed by atoms with Gasteiger partial charge in [0.15, 0.2) is 11.5 Å². The molecule has 188 valence electrons. The third-order valence-electron chi connectivity index (χ3n) is 5.51. The molecule has 0 aliphatic rings. The summed E-state index contributed by atoms with van der Waals surface area (Å²) in [6.45, 7) is 4.67. The van der Waals surface area contributed by atoms with Crippen molar-refractivity contribution < 1.29 is 23.8 Å². The van der Waals surface area contributed by atoms with Crippen LogP contribution in [0.5, 0.6) is 17.2 Å². The molecule has 1 N–H and O–H groups in total. The molecule has 0 aliphatic heterocycles. The van der Waals surface area contributed by atoms with Crippen LogP contribution in [0.25, 0.3) is 10.8 Å². The molecule has 0 saturated carbocycles. The van der Waals surface area contributed by atoms with Gasteiger partial charge in [-0.15, -0.1) is 0 Å². The first-order valence-electron chi connectivity index (χ1n) is 12.1. The zero-order chi connectivity index (χ0) is 26.0. The lowest BCUT2D eigenvalue weighted by Gasteiger charge is -2.11. The van der Waals surface area contributed by atoms with Crippen molar-refractivity contribution in [3.05, 3.63) is 102 Å². The average molecular weight is 497 g/mol. The van der Waals surface area contributed by atoms with E-state index >= 15 is 0 Å². The Morgan fingerprint density at radius 1 is 0.838 bits per heavy atom. The lowest BCUT2D eigenvalue weighted by Crippen LogP contribution is -2.19. The molecule has 4 rings (SSSR count). The standard InChI is InChI=1S/C30H28N2O5/c1-3-35-25-15-13-23(14-16-25)30(34)37-27-17-12-21(18-28(27)36-4-2)20-31-32-29(33)19-24-10-7-9-22-8-5-6-11-26(22)24/h5-18,20H,3-4,19H2,1-2H3,(H,32,33)/b31-20-. The molecule has 0 spiro atoms. The third kappa shape index (κ3) is 6.73. The predicted octanol–water partition coefficient (Wildman–Crippen LogP) is 5.55. The van der Waals surface area contributed by atoms with E-state index in [0.717, 1.165) is 16.3 Å². The van der Waals surface area contributed by atoms with Gasteiger partial charge in [-0.05, 0) is 78.2 Å². The molecule has 0 bridgehead atoms. The molecule has 37 heavy (non-hydrogen) atoms. The van der Waals surface area contributed by atoms with E-state index in [2.05, 4.69) is 10.5 Å². The summed E-state index contributed by atoms with van der Waals surface area (Å²) in [5.41, 5.74) is 4.57. The van der Waals surface area contributed by atoms with Gasteiger partial charge in [-0.3, -0.25) is 4.79 Å². The zero-order valence-electron chi connectivity index (χ0n) is 20.8. The fraction of sp³-hybridized carbons (Fsp3) is 0.167. The molecular weight excluding hydrogens is 468 g/mol. The Hall–Kier alpha value is -4.65. The number of nitrogens with one attached hydrogen (secondary N) is 1. The van der Waals surface area contributed by atoms with Gasteiger partial charge in [0.05, 0.1) is 31.4 Å². The van der Waals surface area contributed by atoms with Gasteiger partial charge in [0.2, 0.25) is 5.91 Å². The predicted molar refractivity (Wildman–Crippen MR) is 144 cm³/mol. The van der Waals surface area contributed by atoms with Crippen LogP contribution in [-0.4, -0.2) is 31.3 Å². The van der Waals surface area contributed by atoms with Gasteiger partial charge in [-0.1, -0.05) is 42.5 Å². The summed E-state index contributed by atoms with van der Waals surface area (Å²) in [4.78, 5) is 25.1. The fourth-order valence-electron chi connectivity index (χ4n) is 3.81. The van der Waals surface area contributed by atoms with Gasteiger partial charge >= 0.3 is 5.97 Å². The lowest BCUT2D eigenvalue weighted by molar-refractivity contribution is -0.120. The van der Waals surface area contributed by atoms with E-state index in [4.69, 9.17) is 14.2 Å². The molecule has 4 aromatic rings. The topological polar surface area (TPSA) is 86.2 Å². The van der Waals surface area contributed by atoms with Crippen molar-refractivity contribution in [2.75, 3.05) is 13.2 Å². The number of hydrogen-bond acceptors (Lipinski definition) is 6. The van der Waals surface area contributed by atoms with Gasteiger partial charge in [0.1, 0.15) is 5.75 Å². The second kappa shape index (κ2) is 12.4. The van der Waals surface area contributed by atoms with Crippen LogP contribution >= 0.6 is 0 Å². The fourth-order valence-corrected chi connectivity index (χ4v) is 3.81. The first kappa shape index (κ1) is 25.4. The second-order valence-corrected chi connectivity index (χ2v) is 8.09. The van der Waals surface area contributed by atoms with E-state index in [-0.39, 0.29) is 18.1 Å². The number of hydrogen-bond donors (Lipinski definition) is 1. The van der Waals surface area contributed by atoms with Gasteiger partial charge in [0, 0.05) is 0 Å². The van der Waals surface area contributed by atoms with Crippen molar-refractivity contribution in [3.63, 3.8) is 0 Å². The minimum Gasteiger partial charge on any atom is -0.494 e. The van der Waals surface area contributed by atoms with E-state index in [0.29, 0.717) is 35.8 Å². The van der Waals surface area contributed by atoms with Crippen molar-refractivity contribution >= 4 is 28.9 Å². The Balaban J connectivity index is 1.40. The molecule has 4 aromatic carbocycles. The van der Waals surface area contributed by atoms with E-state index in [1.165, 1.54) is 6.21 Å². The summed E-state index contributed by atoms with van der Waals surface area (Å²) >= 11 is 0. The number of nitrogens with zero attached hydrogens (tertiary/aromatic N) is 1. The number of ether oxygens (including phenoxy) is 3. The molecule has 0 heterocycles. The van der Waals surface area contributed by atoms with E-state index in [1.54, 1.807) is 42.5 Å². The maximum absolute atomic E-state index is 12.6. The number of carbonyl (C=O) groups is 2. The highest BCUT2D eigenvalue weighted by Crippen LogP contribution is 2.29. The number of hydrazone groups is 1. The van der Waals surface area contributed by atoms with Crippen LogP contribution in [0.3, 0.4) is 0 Å². The largest absolute Gasteiger partial charge is 0.494 e. The zero-order valence-corrected chi connectivity index (χ0v) is 20.8. The normalized spacial score (nSPS) is 10.9. The van der Waals surface area contributed by atoms with Crippen LogP contribution in [0.4, 0.5) is 0 Å². The van der Waals surface area contributed by atoms with Crippen molar-refractivity contribution in [2.24, 2.45) is 5.10 Å². The van der Waals surface area contributed by atoms with E-state index < -0.39 is 5.97 Å². The SMILES string of the molecule is CCOc1ccc(C(=O)Oc2ccc(/C=N\NC(=O)Cc3cccc4ccccc34)cc2OCC)cc1. The van der Waals surface area contributed by atoms with Crippen molar-refractivity contribution in [1.82, 2.24) is 5.43 Å². The first-order chi connectivity index (χ1) is 18.1. The molecule has 7 heteroatoms. The highest BCUT2D eigenvalue weighted by Gasteiger charge is 2.14. The molecule has 0 atom stereocenters. The lowest BCUT2D eigenvalue weighted by atomic mass is 10.0. The molecule has 0 radical (unpaired) electrons. The van der Waals surface area contributed by atoms with Crippen LogP contribution in [0.15, 0.2) is 90.0 Å². The number of benzene rings is 4. The number of esters is 1. The maximum Gasteiger partial charge on any atom is 0.343 e. The minimum atomic E-state index is -0.508. The molecule has 0 aromatic heterocycles. The summed E-state index contributed by atoms with van der Waals surface area (Å²) < 4.78 is 16.6. The smallest absolute Gasteiger partial charge is 0.343 e. The van der Waals surface area contributed by atoms with Crippen LogP contribution in [0.1, 0.15) is 35.3 Å². The Labute approximate surface area is 215 Å². The van der Waals surface area contributed by atoms with Gasteiger partial charge in [-0.2, -0.15) is 5.10 Å².